The smallest absolute Gasteiger partial charge is 2.00 e. The predicted octanol–water partition coefficient (Wildman–Crippen LogP) is -1.74. The quantitative estimate of drug-likeness (QED) is 0.445. The largest absolute Gasteiger partial charge is 3.00 e. The normalized spacial score (nSPS) is 0.889. The summed E-state index contributed by atoms with van der Waals surface area (Å²) in [5.41, 5.74) is 0. The van der Waals surface area contributed by atoms with Crippen molar-refractivity contribution < 1.29 is 42.4 Å². The Labute approximate surface area is 91.6 Å². The molecule has 0 atom stereocenters. The van der Waals surface area contributed by atoms with Gasteiger partial charge in [-0.1, -0.05) is 0 Å². The molecular weight excluding hydrogens is 215 g/mol. The molecule has 0 N–H and O–H groups in total. The van der Waals surface area contributed by atoms with Crippen LogP contribution in [0.25, 0.3) is 0 Å². The van der Waals surface area contributed by atoms with Crippen LogP contribution >= 0.6 is 0 Å². The maximum absolute atomic E-state index is 8.40. The Morgan fingerprint density at radius 1 is 0.889 bits per heavy atom. The Morgan fingerprint density at radius 2 is 0.889 bits per heavy atom. The van der Waals surface area contributed by atoms with Crippen LogP contribution in [-0.4, -0.2) is 49.7 Å². The Bertz CT molecular complexity index is 37.9. The van der Waals surface area contributed by atoms with Crippen molar-refractivity contribution in [2.75, 3.05) is 0 Å². The molecule has 0 bridgehead atoms. The summed E-state index contributed by atoms with van der Waals surface area (Å²) in [4.78, 5) is 0. The van der Waals surface area contributed by atoms with Gasteiger partial charge in [0.15, 0.2) is 0 Å². The maximum atomic E-state index is 8.40. The zero-order valence-corrected chi connectivity index (χ0v) is 8.85. The summed E-state index contributed by atoms with van der Waals surface area (Å²) in [5, 5.41) is 0. The van der Waals surface area contributed by atoms with Crippen molar-refractivity contribution in [1.29, 1.82) is 0 Å². The average Bonchev–Trinajstić information content (AvgIpc) is 0.918. The number of rotatable bonds is 0. The summed E-state index contributed by atoms with van der Waals surface area (Å²) in [6.07, 6.45) is 0. The first kappa shape index (κ1) is 77.0. The van der Waals surface area contributed by atoms with Crippen LogP contribution in [0, 0.1) is 0 Å². The molecule has 0 aliphatic rings. The minimum atomic E-state index is -1.42. The van der Waals surface area contributed by atoms with E-state index in [1.807, 2.05) is 0 Å². The molecule has 0 unspecified atom stereocenters. The Balaban J connectivity index is -0.00000000133. The molecule has 0 rings (SSSR count). The van der Waals surface area contributed by atoms with E-state index in [0.717, 1.165) is 0 Å². The van der Waals surface area contributed by atoms with Gasteiger partial charge in [0.05, 0.1) is 0 Å². The minimum absolute atomic E-state index is 0. The summed E-state index contributed by atoms with van der Waals surface area (Å²) < 4.78 is 16.8. The van der Waals surface area contributed by atoms with Gasteiger partial charge < -0.3 is 16.4 Å². The molecule has 0 aliphatic heterocycles. The summed E-state index contributed by atoms with van der Waals surface area (Å²) in [5.74, 6) is 0. The summed E-state index contributed by atoms with van der Waals surface area (Å²) in [6.45, 7) is 0. The zero-order chi connectivity index (χ0) is 2.71. The first-order valence-corrected chi connectivity index (χ1v) is 1.22. The molecule has 0 amide bonds. The molecule has 0 heterocycles. The molecule has 0 spiro atoms. The standard InChI is InChI=1S/Al.Fe.Mg.O2Si.3O/c;;;1-3-2;;;/q+3;2*+2;;3*-2. The van der Waals surface area contributed by atoms with Gasteiger partial charge in [-0.15, -0.1) is 0 Å². The van der Waals surface area contributed by atoms with E-state index >= 15 is 0 Å². The fraction of sp³-hybridized carbons (Fsp3) is 0. The molecule has 0 radical (unpaired) electrons. The summed E-state index contributed by atoms with van der Waals surface area (Å²) >= 11 is 0. The van der Waals surface area contributed by atoms with E-state index in [4.69, 9.17) is 8.92 Å². The van der Waals surface area contributed by atoms with Crippen molar-refractivity contribution in [2.24, 2.45) is 0 Å². The molecule has 9 heteroatoms. The third-order valence-electron chi connectivity index (χ3n) is 0. The van der Waals surface area contributed by atoms with E-state index in [-0.39, 0.29) is 73.9 Å². The van der Waals surface area contributed by atoms with Crippen molar-refractivity contribution in [3.63, 3.8) is 0 Å². The average molecular weight is 215 g/mol. The van der Waals surface area contributed by atoms with Gasteiger partial charge in [0, 0.05) is 0 Å². The molecule has 0 aliphatic carbocycles. The van der Waals surface area contributed by atoms with E-state index < -0.39 is 9.29 Å². The zero-order valence-electron chi connectivity index (χ0n) is 4.18. The fourth-order valence-electron chi connectivity index (χ4n) is 0. The molecule has 5 nitrogen and oxygen atoms in total. The van der Waals surface area contributed by atoms with Crippen molar-refractivity contribution in [2.45, 2.75) is 0 Å². The van der Waals surface area contributed by atoms with Crippen LogP contribution in [0.3, 0.4) is 0 Å². The SMILES string of the molecule is O=[Si]=O.[Al+3].[Fe+2].[Mg+2].[O-2].[O-2].[O-2]. The van der Waals surface area contributed by atoms with E-state index in [1.54, 1.807) is 0 Å². The molecular formula is AlFeMgO5Si+. The third kappa shape index (κ3) is 234. The molecule has 0 saturated heterocycles. The molecule has 0 aromatic carbocycles. The van der Waals surface area contributed by atoms with Crippen LogP contribution in [0.4, 0.5) is 0 Å². The van der Waals surface area contributed by atoms with Gasteiger partial charge in [-0.05, 0) is 0 Å². The molecule has 9 heavy (non-hydrogen) atoms. The first-order valence-electron chi connectivity index (χ1n) is 0.408. The number of hydrogen-bond acceptors (Lipinski definition) is 2. The van der Waals surface area contributed by atoms with Crippen LogP contribution in [0.2, 0.25) is 0 Å². The van der Waals surface area contributed by atoms with Crippen LogP contribution in [0.15, 0.2) is 0 Å². The van der Waals surface area contributed by atoms with Crippen molar-refractivity contribution >= 4 is 49.7 Å². The fourth-order valence-corrected chi connectivity index (χ4v) is 0. The molecule has 0 aromatic heterocycles. The van der Waals surface area contributed by atoms with Gasteiger partial charge in [0.2, 0.25) is 0 Å². The molecule has 46 valence electrons. The van der Waals surface area contributed by atoms with Crippen molar-refractivity contribution in [3.05, 3.63) is 0 Å². The van der Waals surface area contributed by atoms with Gasteiger partial charge in [0.25, 0.3) is 0 Å². The second-order valence-electron chi connectivity index (χ2n) is 0.0833. The maximum Gasteiger partial charge on any atom is 3.00 e. The second kappa shape index (κ2) is 109. The Morgan fingerprint density at radius 3 is 0.889 bits per heavy atom. The third-order valence-corrected chi connectivity index (χ3v) is 0. The Hall–Kier alpha value is 1.52. The van der Waals surface area contributed by atoms with Crippen molar-refractivity contribution in [3.8, 4) is 0 Å². The first-order chi connectivity index (χ1) is 1.41. The van der Waals surface area contributed by atoms with Crippen molar-refractivity contribution in [1.82, 2.24) is 0 Å². The van der Waals surface area contributed by atoms with Crippen LogP contribution < -0.4 is 0 Å². The Kier molecular flexibility index (Phi) is 934. The van der Waals surface area contributed by atoms with Crippen LogP contribution in [-0.2, 0) is 42.4 Å². The molecule has 0 fully saturated rings. The van der Waals surface area contributed by atoms with Gasteiger partial charge in [-0.2, -0.15) is 0 Å². The van der Waals surface area contributed by atoms with Crippen LogP contribution in [0.5, 0.6) is 0 Å². The minimum Gasteiger partial charge on any atom is -2.00 e. The van der Waals surface area contributed by atoms with Gasteiger partial charge in [0.1, 0.15) is 0 Å². The summed E-state index contributed by atoms with van der Waals surface area (Å²) in [7, 11) is -1.42. The summed E-state index contributed by atoms with van der Waals surface area (Å²) in [6, 6.07) is 0. The van der Waals surface area contributed by atoms with E-state index in [0.29, 0.717) is 0 Å². The van der Waals surface area contributed by atoms with E-state index in [9.17, 15) is 0 Å². The van der Waals surface area contributed by atoms with Gasteiger partial charge >= 0.3 is 66.8 Å². The topological polar surface area (TPSA) is 120 Å². The number of hydrogen-bond donors (Lipinski definition) is 0. The molecule has 0 aromatic rings. The van der Waals surface area contributed by atoms with Gasteiger partial charge in [-0.3, -0.25) is 8.92 Å². The molecule has 0 saturated carbocycles. The second-order valence-corrected chi connectivity index (χ2v) is 0.250. The van der Waals surface area contributed by atoms with Gasteiger partial charge in [-0.25, -0.2) is 0 Å². The van der Waals surface area contributed by atoms with E-state index in [2.05, 4.69) is 0 Å². The monoisotopic (exact) mass is 215 g/mol. The van der Waals surface area contributed by atoms with E-state index in [1.165, 1.54) is 0 Å². The van der Waals surface area contributed by atoms with Crippen LogP contribution in [0.1, 0.15) is 0 Å². The predicted molar refractivity (Wildman–Crippen MR) is 20.7 cm³/mol.